The van der Waals surface area contributed by atoms with Crippen molar-refractivity contribution in [3.8, 4) is 0 Å². The summed E-state index contributed by atoms with van der Waals surface area (Å²) in [6.07, 6.45) is 0.110. The molecule has 8 nitrogen and oxygen atoms in total. The maximum absolute atomic E-state index is 13.3. The molecule has 2 aromatic heterocycles. The summed E-state index contributed by atoms with van der Waals surface area (Å²) < 4.78 is 10.2. The largest absolute Gasteiger partial charge is 0.372 e. The van der Waals surface area contributed by atoms with Gasteiger partial charge in [0.05, 0.1) is 18.8 Å². The van der Waals surface area contributed by atoms with Crippen molar-refractivity contribution in [2.75, 3.05) is 18.0 Å². The fraction of sp³-hybridized carbons (Fsp3) is 0.450. The molecule has 29 heavy (non-hydrogen) atoms. The van der Waals surface area contributed by atoms with Crippen molar-refractivity contribution in [3.05, 3.63) is 55.7 Å². The summed E-state index contributed by atoms with van der Waals surface area (Å²) in [5, 5.41) is 0.517. The van der Waals surface area contributed by atoms with E-state index in [9.17, 15) is 9.59 Å². The topological polar surface area (TPSA) is 74.3 Å². The van der Waals surface area contributed by atoms with Crippen LogP contribution in [-0.2, 0) is 25.4 Å². The van der Waals surface area contributed by atoms with Crippen LogP contribution in [0.1, 0.15) is 19.4 Å². The molecule has 1 aliphatic rings. The first kappa shape index (κ1) is 19.7. The second-order valence-electron chi connectivity index (χ2n) is 7.63. The second kappa shape index (κ2) is 7.35. The smallest absolute Gasteiger partial charge is 0.332 e. The van der Waals surface area contributed by atoms with Crippen LogP contribution in [0.4, 0.5) is 5.95 Å². The first-order valence-corrected chi connectivity index (χ1v) is 9.95. The minimum atomic E-state index is -0.421. The van der Waals surface area contributed by atoms with E-state index in [0.717, 1.165) is 0 Å². The van der Waals surface area contributed by atoms with Crippen LogP contribution >= 0.6 is 11.6 Å². The molecule has 9 heteroatoms. The molecule has 2 atom stereocenters. The molecule has 0 unspecified atom stereocenters. The molecule has 1 fully saturated rings. The maximum Gasteiger partial charge on any atom is 0.332 e. The molecule has 1 aromatic carbocycles. The van der Waals surface area contributed by atoms with Gasteiger partial charge in [-0.1, -0.05) is 29.8 Å². The highest BCUT2D eigenvalue weighted by Crippen LogP contribution is 2.22. The van der Waals surface area contributed by atoms with E-state index in [1.807, 2.05) is 32.0 Å². The van der Waals surface area contributed by atoms with Gasteiger partial charge in [0.1, 0.15) is 0 Å². The van der Waals surface area contributed by atoms with Crippen LogP contribution < -0.4 is 16.1 Å². The van der Waals surface area contributed by atoms with Crippen molar-refractivity contribution < 1.29 is 4.74 Å². The number of aromatic nitrogens is 4. The third-order valence-electron chi connectivity index (χ3n) is 5.33. The summed E-state index contributed by atoms with van der Waals surface area (Å²) >= 11 is 6.24. The number of ether oxygens (including phenoxy) is 1. The standard InChI is InChI=1S/C20H24ClN5O3/c1-12-9-25(10-13(2)29-12)19-22-17-16(23(19)3)18(27)26(20(28)24(17)4)11-14-7-5-6-8-15(14)21/h5-8,12-13H,9-11H2,1-4H3/t12-,13-/m1/s1. The summed E-state index contributed by atoms with van der Waals surface area (Å²) in [4.78, 5) is 32.9. The summed E-state index contributed by atoms with van der Waals surface area (Å²) in [6.45, 7) is 5.47. The van der Waals surface area contributed by atoms with E-state index in [1.54, 1.807) is 24.7 Å². The zero-order valence-corrected chi connectivity index (χ0v) is 17.7. The summed E-state index contributed by atoms with van der Waals surface area (Å²) in [5.74, 6) is 0.657. The SMILES string of the molecule is C[C@@H]1CN(c2nc3c(c(=O)n(Cc4ccccc4Cl)c(=O)n3C)n2C)C[C@@H](C)O1. The zero-order chi connectivity index (χ0) is 20.9. The Morgan fingerprint density at radius 2 is 1.76 bits per heavy atom. The maximum atomic E-state index is 13.3. The van der Waals surface area contributed by atoms with Crippen molar-refractivity contribution in [1.29, 1.82) is 0 Å². The molecule has 0 radical (unpaired) electrons. The van der Waals surface area contributed by atoms with E-state index in [1.165, 1.54) is 9.13 Å². The van der Waals surface area contributed by atoms with Gasteiger partial charge in [0, 0.05) is 32.2 Å². The predicted octanol–water partition coefficient (Wildman–Crippen LogP) is 1.75. The lowest BCUT2D eigenvalue weighted by Crippen LogP contribution is -2.46. The number of halogens is 1. The third-order valence-corrected chi connectivity index (χ3v) is 5.69. The fourth-order valence-electron chi connectivity index (χ4n) is 3.99. The minimum absolute atomic E-state index is 0.0549. The number of aryl methyl sites for hydroxylation is 2. The monoisotopic (exact) mass is 417 g/mol. The Bertz CT molecular complexity index is 1190. The van der Waals surface area contributed by atoms with Gasteiger partial charge in [-0.2, -0.15) is 4.98 Å². The second-order valence-corrected chi connectivity index (χ2v) is 8.04. The summed E-state index contributed by atoms with van der Waals surface area (Å²) in [7, 11) is 3.44. The average molecular weight is 418 g/mol. The van der Waals surface area contributed by atoms with Crippen LogP contribution in [0.25, 0.3) is 11.2 Å². The van der Waals surface area contributed by atoms with Crippen molar-refractivity contribution in [3.63, 3.8) is 0 Å². The first-order valence-electron chi connectivity index (χ1n) is 9.58. The van der Waals surface area contributed by atoms with E-state index in [0.29, 0.717) is 40.8 Å². The van der Waals surface area contributed by atoms with Crippen molar-refractivity contribution in [1.82, 2.24) is 18.7 Å². The highest BCUT2D eigenvalue weighted by atomic mass is 35.5. The molecular weight excluding hydrogens is 394 g/mol. The van der Waals surface area contributed by atoms with Crippen LogP contribution in [0, 0.1) is 0 Å². The molecule has 0 N–H and O–H groups in total. The van der Waals surface area contributed by atoms with Crippen LogP contribution in [-0.4, -0.2) is 44.0 Å². The third kappa shape index (κ3) is 3.36. The number of imidazole rings is 1. The number of benzene rings is 1. The Labute approximate surface area is 172 Å². The lowest BCUT2D eigenvalue weighted by Gasteiger charge is -2.35. The van der Waals surface area contributed by atoms with E-state index in [4.69, 9.17) is 16.3 Å². The van der Waals surface area contributed by atoms with Gasteiger partial charge in [-0.3, -0.25) is 13.9 Å². The Hall–Kier alpha value is -2.58. The number of anilines is 1. The Morgan fingerprint density at radius 1 is 1.10 bits per heavy atom. The molecule has 1 aliphatic heterocycles. The normalized spacial score (nSPS) is 19.8. The molecular formula is C20H24ClN5O3. The van der Waals surface area contributed by atoms with Crippen LogP contribution in [0.15, 0.2) is 33.9 Å². The van der Waals surface area contributed by atoms with E-state index in [2.05, 4.69) is 9.88 Å². The quantitative estimate of drug-likeness (QED) is 0.649. The molecule has 0 aliphatic carbocycles. The molecule has 4 rings (SSSR count). The Kier molecular flexibility index (Phi) is 5.00. The molecule has 0 spiro atoms. The zero-order valence-electron chi connectivity index (χ0n) is 16.9. The van der Waals surface area contributed by atoms with Crippen LogP contribution in [0.5, 0.6) is 0 Å². The first-order chi connectivity index (χ1) is 13.8. The lowest BCUT2D eigenvalue weighted by atomic mass is 10.2. The fourth-order valence-corrected chi connectivity index (χ4v) is 4.19. The number of hydrogen-bond acceptors (Lipinski definition) is 5. The highest BCUT2D eigenvalue weighted by molar-refractivity contribution is 6.31. The minimum Gasteiger partial charge on any atom is -0.372 e. The van der Waals surface area contributed by atoms with Crippen molar-refractivity contribution >= 4 is 28.7 Å². The molecule has 3 aromatic rings. The van der Waals surface area contributed by atoms with Gasteiger partial charge >= 0.3 is 5.69 Å². The van der Waals surface area contributed by atoms with Gasteiger partial charge in [-0.15, -0.1) is 0 Å². The van der Waals surface area contributed by atoms with Gasteiger partial charge in [0.2, 0.25) is 5.95 Å². The van der Waals surface area contributed by atoms with Gasteiger partial charge in [-0.05, 0) is 25.5 Å². The number of morpholine rings is 1. The number of rotatable bonds is 3. The molecule has 0 amide bonds. The van der Waals surface area contributed by atoms with E-state index < -0.39 is 5.69 Å². The van der Waals surface area contributed by atoms with Crippen molar-refractivity contribution in [2.24, 2.45) is 14.1 Å². The number of fused-ring (bicyclic) bond motifs is 1. The van der Waals surface area contributed by atoms with E-state index >= 15 is 0 Å². The molecule has 3 heterocycles. The summed E-state index contributed by atoms with van der Waals surface area (Å²) in [5.41, 5.74) is 0.681. The van der Waals surface area contributed by atoms with Gasteiger partial charge in [0.25, 0.3) is 5.56 Å². The van der Waals surface area contributed by atoms with Crippen molar-refractivity contribution in [2.45, 2.75) is 32.6 Å². The van der Waals surface area contributed by atoms with Crippen LogP contribution in [0.3, 0.4) is 0 Å². The van der Waals surface area contributed by atoms with Crippen LogP contribution in [0.2, 0.25) is 5.02 Å². The van der Waals surface area contributed by atoms with Gasteiger partial charge in [0.15, 0.2) is 11.2 Å². The highest BCUT2D eigenvalue weighted by Gasteiger charge is 2.27. The summed E-state index contributed by atoms with van der Waals surface area (Å²) in [6, 6.07) is 7.20. The number of hydrogen-bond donors (Lipinski definition) is 0. The Balaban J connectivity index is 1.87. The van der Waals surface area contributed by atoms with Gasteiger partial charge < -0.3 is 14.2 Å². The lowest BCUT2D eigenvalue weighted by molar-refractivity contribution is -0.00583. The molecule has 0 saturated carbocycles. The average Bonchev–Trinajstić information content (AvgIpc) is 3.01. The molecule has 0 bridgehead atoms. The van der Waals surface area contributed by atoms with E-state index in [-0.39, 0.29) is 24.3 Å². The van der Waals surface area contributed by atoms with Gasteiger partial charge in [-0.25, -0.2) is 4.79 Å². The number of nitrogens with zero attached hydrogens (tertiary/aromatic N) is 5. The molecule has 1 saturated heterocycles. The Morgan fingerprint density at radius 3 is 2.41 bits per heavy atom. The predicted molar refractivity (Wildman–Crippen MR) is 113 cm³/mol. The molecule has 154 valence electrons.